The molecule has 6 heteroatoms. The lowest BCUT2D eigenvalue weighted by atomic mass is 10.1. The summed E-state index contributed by atoms with van der Waals surface area (Å²) in [7, 11) is -3.27. The number of anilines is 1. The average molecular weight is 427 g/mol. The van der Waals surface area contributed by atoms with Crippen molar-refractivity contribution in [2.75, 3.05) is 18.0 Å². The van der Waals surface area contributed by atoms with Crippen molar-refractivity contribution in [1.29, 1.82) is 0 Å². The SMILES string of the molecule is Cc1ccc(Cc2csc(N3CCC(S(=O)(=O)c4ccc(C)cc4)CC3)n2)cc1. The van der Waals surface area contributed by atoms with Crippen LogP contribution in [0, 0.1) is 13.8 Å². The lowest BCUT2D eigenvalue weighted by Gasteiger charge is -2.31. The van der Waals surface area contributed by atoms with Crippen LogP contribution in [0.1, 0.15) is 35.2 Å². The summed E-state index contributed by atoms with van der Waals surface area (Å²) in [4.78, 5) is 7.47. The quantitative estimate of drug-likeness (QED) is 0.588. The van der Waals surface area contributed by atoms with E-state index in [1.54, 1.807) is 23.5 Å². The van der Waals surface area contributed by atoms with Crippen LogP contribution < -0.4 is 4.90 Å². The maximum atomic E-state index is 12.9. The molecule has 1 aromatic heterocycles. The van der Waals surface area contributed by atoms with Crippen LogP contribution in [-0.2, 0) is 16.3 Å². The molecule has 2 aromatic carbocycles. The molecule has 4 rings (SSSR count). The van der Waals surface area contributed by atoms with E-state index in [9.17, 15) is 8.42 Å². The summed E-state index contributed by atoms with van der Waals surface area (Å²) in [5.74, 6) is 0. The predicted molar refractivity (Wildman–Crippen MR) is 120 cm³/mol. The van der Waals surface area contributed by atoms with Gasteiger partial charge in [-0.05, 0) is 44.4 Å². The molecule has 152 valence electrons. The molecular weight excluding hydrogens is 400 g/mol. The highest BCUT2D eigenvalue weighted by Gasteiger charge is 2.32. The fraction of sp³-hybridized carbons (Fsp3) is 0.348. The minimum absolute atomic E-state index is 0.312. The number of benzene rings is 2. The molecular formula is C23H26N2O2S2. The molecule has 1 saturated heterocycles. The smallest absolute Gasteiger partial charge is 0.185 e. The van der Waals surface area contributed by atoms with E-state index in [0.29, 0.717) is 17.7 Å². The zero-order valence-corrected chi connectivity index (χ0v) is 18.5. The highest BCUT2D eigenvalue weighted by molar-refractivity contribution is 7.92. The Balaban J connectivity index is 1.39. The highest BCUT2D eigenvalue weighted by Crippen LogP contribution is 2.29. The van der Waals surface area contributed by atoms with Gasteiger partial charge in [0.25, 0.3) is 0 Å². The maximum Gasteiger partial charge on any atom is 0.185 e. The molecule has 0 bridgehead atoms. The average Bonchev–Trinajstić information content (AvgIpc) is 3.19. The molecule has 0 N–H and O–H groups in total. The van der Waals surface area contributed by atoms with Crippen LogP contribution in [0.25, 0.3) is 0 Å². The first-order valence-electron chi connectivity index (χ1n) is 9.97. The Morgan fingerprint density at radius 3 is 2.17 bits per heavy atom. The molecule has 0 atom stereocenters. The Kier molecular flexibility index (Phi) is 5.74. The Morgan fingerprint density at radius 1 is 0.966 bits per heavy atom. The van der Waals surface area contributed by atoms with Crippen molar-refractivity contribution in [2.45, 2.75) is 43.3 Å². The normalized spacial score (nSPS) is 15.6. The zero-order chi connectivity index (χ0) is 20.4. The van der Waals surface area contributed by atoms with Crippen molar-refractivity contribution in [3.63, 3.8) is 0 Å². The van der Waals surface area contributed by atoms with Crippen LogP contribution in [-0.4, -0.2) is 31.7 Å². The topological polar surface area (TPSA) is 50.3 Å². The summed E-state index contributed by atoms with van der Waals surface area (Å²) in [5.41, 5.74) is 4.67. The van der Waals surface area contributed by atoms with Crippen molar-refractivity contribution >= 4 is 26.3 Å². The number of piperidine rings is 1. The van der Waals surface area contributed by atoms with Gasteiger partial charge in [-0.15, -0.1) is 11.3 Å². The van der Waals surface area contributed by atoms with Gasteiger partial charge < -0.3 is 4.90 Å². The molecule has 0 unspecified atom stereocenters. The first-order valence-corrected chi connectivity index (χ1v) is 12.4. The van der Waals surface area contributed by atoms with E-state index >= 15 is 0 Å². The number of hydrogen-bond acceptors (Lipinski definition) is 5. The van der Waals surface area contributed by atoms with Gasteiger partial charge in [0, 0.05) is 24.9 Å². The van der Waals surface area contributed by atoms with Gasteiger partial charge in [-0.3, -0.25) is 0 Å². The molecule has 0 radical (unpaired) electrons. The first kappa shape index (κ1) is 20.1. The molecule has 1 aliphatic heterocycles. The number of sulfone groups is 1. The highest BCUT2D eigenvalue weighted by atomic mass is 32.2. The van der Waals surface area contributed by atoms with Gasteiger partial charge in [-0.25, -0.2) is 13.4 Å². The van der Waals surface area contributed by atoms with Crippen LogP contribution in [0.2, 0.25) is 0 Å². The predicted octanol–water partition coefficient (Wildman–Crippen LogP) is 4.79. The van der Waals surface area contributed by atoms with Crippen molar-refractivity contribution in [1.82, 2.24) is 4.98 Å². The van der Waals surface area contributed by atoms with Gasteiger partial charge in [0.05, 0.1) is 15.8 Å². The van der Waals surface area contributed by atoms with Gasteiger partial charge in [0.15, 0.2) is 15.0 Å². The molecule has 0 spiro atoms. The van der Waals surface area contributed by atoms with E-state index in [1.807, 2.05) is 19.1 Å². The Bertz CT molecular complexity index is 1060. The first-order chi connectivity index (χ1) is 13.9. The molecule has 1 aliphatic rings. The summed E-state index contributed by atoms with van der Waals surface area (Å²) in [6.07, 6.45) is 2.11. The summed E-state index contributed by atoms with van der Waals surface area (Å²) >= 11 is 1.65. The van der Waals surface area contributed by atoms with E-state index in [-0.39, 0.29) is 5.25 Å². The van der Waals surface area contributed by atoms with Crippen LogP contribution in [0.5, 0.6) is 0 Å². The molecule has 29 heavy (non-hydrogen) atoms. The van der Waals surface area contributed by atoms with E-state index in [0.717, 1.165) is 35.9 Å². The second kappa shape index (κ2) is 8.28. The Labute approximate surface area is 177 Å². The second-order valence-electron chi connectivity index (χ2n) is 7.83. The zero-order valence-electron chi connectivity index (χ0n) is 16.8. The third-order valence-electron chi connectivity index (χ3n) is 5.55. The molecule has 2 heterocycles. The van der Waals surface area contributed by atoms with Gasteiger partial charge in [-0.2, -0.15) is 0 Å². The van der Waals surface area contributed by atoms with Crippen LogP contribution in [0.15, 0.2) is 58.8 Å². The summed E-state index contributed by atoms with van der Waals surface area (Å²) in [6.45, 7) is 5.52. The standard InChI is InChI=1S/C23H26N2O2S2/c1-17-3-7-19(8-4-17)15-20-16-28-23(24-20)25-13-11-22(12-14-25)29(26,27)21-9-5-18(2)6-10-21/h3-10,16,22H,11-15H2,1-2H3. The van der Waals surface area contributed by atoms with E-state index < -0.39 is 9.84 Å². The Morgan fingerprint density at radius 2 is 1.55 bits per heavy atom. The van der Waals surface area contributed by atoms with Gasteiger partial charge in [0.2, 0.25) is 0 Å². The third-order valence-corrected chi connectivity index (χ3v) is 8.77. The molecule has 1 fully saturated rings. The Hall–Kier alpha value is -2.18. The minimum atomic E-state index is -3.27. The van der Waals surface area contributed by atoms with E-state index in [2.05, 4.69) is 41.5 Å². The van der Waals surface area contributed by atoms with Crippen LogP contribution in [0.3, 0.4) is 0 Å². The summed E-state index contributed by atoms with van der Waals surface area (Å²) < 4.78 is 25.9. The van der Waals surface area contributed by atoms with Crippen molar-refractivity contribution < 1.29 is 8.42 Å². The number of thiazole rings is 1. The maximum absolute atomic E-state index is 12.9. The van der Waals surface area contributed by atoms with Gasteiger partial charge in [-0.1, -0.05) is 47.5 Å². The minimum Gasteiger partial charge on any atom is -0.348 e. The number of nitrogens with zero attached hydrogens (tertiary/aromatic N) is 2. The number of aromatic nitrogens is 1. The molecule has 3 aromatic rings. The van der Waals surface area contributed by atoms with Crippen LogP contribution in [0.4, 0.5) is 5.13 Å². The molecule has 4 nitrogen and oxygen atoms in total. The molecule has 0 amide bonds. The molecule has 0 aliphatic carbocycles. The van der Waals surface area contributed by atoms with Crippen LogP contribution >= 0.6 is 11.3 Å². The summed E-state index contributed by atoms with van der Waals surface area (Å²) in [5, 5.41) is 2.80. The number of rotatable bonds is 5. The second-order valence-corrected chi connectivity index (χ2v) is 10.9. The van der Waals surface area contributed by atoms with Crippen molar-refractivity contribution in [2.24, 2.45) is 0 Å². The van der Waals surface area contributed by atoms with Gasteiger partial charge >= 0.3 is 0 Å². The largest absolute Gasteiger partial charge is 0.348 e. The fourth-order valence-electron chi connectivity index (χ4n) is 3.72. The van der Waals surface area contributed by atoms with E-state index in [4.69, 9.17) is 4.98 Å². The monoisotopic (exact) mass is 426 g/mol. The molecule has 0 saturated carbocycles. The lowest BCUT2D eigenvalue weighted by molar-refractivity contribution is 0.529. The van der Waals surface area contributed by atoms with E-state index in [1.165, 1.54) is 11.1 Å². The number of aryl methyl sites for hydroxylation is 2. The fourth-order valence-corrected chi connectivity index (χ4v) is 6.33. The third kappa shape index (κ3) is 4.54. The summed E-state index contributed by atoms with van der Waals surface area (Å²) in [6, 6.07) is 15.8. The number of hydrogen-bond donors (Lipinski definition) is 0. The lowest BCUT2D eigenvalue weighted by Crippen LogP contribution is -2.39. The van der Waals surface area contributed by atoms with Crippen molar-refractivity contribution in [3.8, 4) is 0 Å². The van der Waals surface area contributed by atoms with Crippen molar-refractivity contribution in [3.05, 3.63) is 76.3 Å². The van der Waals surface area contributed by atoms with Gasteiger partial charge in [0.1, 0.15) is 0 Å².